The highest BCUT2D eigenvalue weighted by Crippen LogP contribution is 2.28. The molecule has 1 N–H and O–H groups in total. The van der Waals surface area contributed by atoms with Gasteiger partial charge in [0, 0.05) is 49.1 Å². The van der Waals surface area contributed by atoms with Crippen LogP contribution in [0, 0.1) is 0 Å². The molecule has 1 saturated heterocycles. The van der Waals surface area contributed by atoms with Crippen LogP contribution in [0.1, 0.15) is 35.6 Å². The van der Waals surface area contributed by atoms with Gasteiger partial charge in [-0.25, -0.2) is 0 Å². The molecule has 0 saturated carbocycles. The van der Waals surface area contributed by atoms with Crippen LogP contribution in [-0.4, -0.2) is 37.9 Å². The van der Waals surface area contributed by atoms with E-state index < -0.39 is 0 Å². The Morgan fingerprint density at radius 3 is 2.70 bits per heavy atom. The lowest BCUT2D eigenvalue weighted by Gasteiger charge is -2.32. The minimum atomic E-state index is 0.0720. The number of nitrogens with zero attached hydrogens (tertiary/aromatic N) is 4. The highest BCUT2D eigenvalue weighted by Gasteiger charge is 2.23. The Morgan fingerprint density at radius 1 is 1.11 bits per heavy atom. The quantitative estimate of drug-likeness (QED) is 0.756. The lowest BCUT2D eigenvalue weighted by Crippen LogP contribution is -2.34. The molecule has 3 aromatic rings. The summed E-state index contributed by atoms with van der Waals surface area (Å²) in [5.41, 5.74) is 5.46. The van der Waals surface area contributed by atoms with Gasteiger partial charge >= 0.3 is 0 Å². The molecule has 0 aliphatic carbocycles. The number of aryl methyl sites for hydroxylation is 1. The first-order valence-electron chi connectivity index (χ1n) is 9.58. The van der Waals surface area contributed by atoms with Crippen LogP contribution in [0.3, 0.4) is 0 Å². The number of piperidine rings is 1. The van der Waals surface area contributed by atoms with E-state index in [0.717, 1.165) is 36.5 Å². The maximum atomic E-state index is 9.22. The van der Waals surface area contributed by atoms with Gasteiger partial charge in [0.2, 0.25) is 0 Å². The summed E-state index contributed by atoms with van der Waals surface area (Å²) in [6, 6.07) is 14.3. The Morgan fingerprint density at radius 2 is 1.96 bits per heavy atom. The van der Waals surface area contributed by atoms with E-state index in [0.29, 0.717) is 5.92 Å². The van der Waals surface area contributed by atoms with Crippen molar-refractivity contribution >= 4 is 0 Å². The monoisotopic (exact) mass is 362 g/mol. The van der Waals surface area contributed by atoms with E-state index in [-0.39, 0.29) is 6.61 Å². The topological polar surface area (TPSA) is 54.2 Å². The van der Waals surface area contributed by atoms with Crippen molar-refractivity contribution in [2.75, 3.05) is 13.1 Å². The Hall–Kier alpha value is -2.50. The van der Waals surface area contributed by atoms with Gasteiger partial charge in [-0.15, -0.1) is 0 Å². The predicted octanol–water partition coefficient (Wildman–Crippen LogP) is 3.35. The molecule has 140 valence electrons. The summed E-state index contributed by atoms with van der Waals surface area (Å²) in [5, 5.41) is 13.5. The zero-order valence-corrected chi connectivity index (χ0v) is 15.8. The number of pyridine rings is 1. The molecule has 1 aromatic carbocycles. The van der Waals surface area contributed by atoms with Crippen LogP contribution in [0.2, 0.25) is 0 Å². The Kier molecular flexibility index (Phi) is 5.32. The van der Waals surface area contributed by atoms with Crippen molar-refractivity contribution in [1.29, 1.82) is 0 Å². The van der Waals surface area contributed by atoms with Gasteiger partial charge in [0.25, 0.3) is 0 Å². The van der Waals surface area contributed by atoms with Crippen LogP contribution in [-0.2, 0) is 20.2 Å². The van der Waals surface area contributed by atoms with Gasteiger partial charge < -0.3 is 5.11 Å². The fraction of sp³-hybridized carbons (Fsp3) is 0.364. The molecule has 2 aromatic heterocycles. The number of aromatic nitrogens is 3. The Balaban J connectivity index is 1.48. The molecule has 0 radical (unpaired) electrons. The van der Waals surface area contributed by atoms with Crippen molar-refractivity contribution in [3.63, 3.8) is 0 Å². The van der Waals surface area contributed by atoms with E-state index in [9.17, 15) is 5.11 Å². The molecular weight excluding hydrogens is 336 g/mol. The van der Waals surface area contributed by atoms with Crippen molar-refractivity contribution in [2.45, 2.75) is 31.9 Å². The summed E-state index contributed by atoms with van der Waals surface area (Å²) in [5.74, 6) is 0.465. The van der Waals surface area contributed by atoms with E-state index in [4.69, 9.17) is 4.98 Å². The highest BCUT2D eigenvalue weighted by molar-refractivity contribution is 5.59. The standard InChI is InChI=1S/C22H26N4O/c1-25-13-18(12-23-25)14-26-11-3-4-20(15-26)22-6-2-5-21(24-22)19-9-7-17(16-27)8-10-19/h2,5-10,12-13,20,27H,3-4,11,14-16H2,1H3. The summed E-state index contributed by atoms with van der Waals surface area (Å²) in [6.07, 6.45) is 6.43. The number of rotatable bonds is 5. The number of aliphatic hydroxyl groups is 1. The summed E-state index contributed by atoms with van der Waals surface area (Å²) in [4.78, 5) is 7.47. The minimum absolute atomic E-state index is 0.0720. The average molecular weight is 362 g/mol. The average Bonchev–Trinajstić information content (AvgIpc) is 3.13. The fourth-order valence-electron chi connectivity index (χ4n) is 3.87. The van der Waals surface area contributed by atoms with Crippen LogP contribution in [0.25, 0.3) is 11.3 Å². The van der Waals surface area contributed by atoms with Crippen LogP contribution < -0.4 is 0 Å². The minimum Gasteiger partial charge on any atom is -0.392 e. The zero-order chi connectivity index (χ0) is 18.6. The van der Waals surface area contributed by atoms with Crippen molar-refractivity contribution < 1.29 is 5.11 Å². The second kappa shape index (κ2) is 8.03. The lowest BCUT2D eigenvalue weighted by atomic mass is 9.93. The third kappa shape index (κ3) is 4.26. The summed E-state index contributed by atoms with van der Waals surface area (Å²) in [7, 11) is 1.96. The van der Waals surface area contributed by atoms with Gasteiger partial charge in [0.15, 0.2) is 0 Å². The molecule has 4 rings (SSSR count). The lowest BCUT2D eigenvalue weighted by molar-refractivity contribution is 0.198. The molecule has 1 aliphatic heterocycles. The molecule has 0 amide bonds. The predicted molar refractivity (Wildman–Crippen MR) is 106 cm³/mol. The largest absolute Gasteiger partial charge is 0.392 e. The third-order valence-corrected chi connectivity index (χ3v) is 5.29. The number of aliphatic hydroxyl groups excluding tert-OH is 1. The molecule has 5 heteroatoms. The second-order valence-corrected chi connectivity index (χ2v) is 7.40. The van der Waals surface area contributed by atoms with E-state index >= 15 is 0 Å². The number of hydrogen-bond acceptors (Lipinski definition) is 4. The molecule has 1 atom stereocenters. The number of benzene rings is 1. The first-order valence-corrected chi connectivity index (χ1v) is 9.58. The smallest absolute Gasteiger partial charge is 0.0705 e. The summed E-state index contributed by atoms with van der Waals surface area (Å²) < 4.78 is 1.86. The Labute approximate surface area is 160 Å². The van der Waals surface area contributed by atoms with Gasteiger partial charge in [-0.3, -0.25) is 14.6 Å². The number of hydrogen-bond donors (Lipinski definition) is 1. The SMILES string of the molecule is Cn1cc(CN2CCCC(c3cccc(-c4ccc(CO)cc4)n3)C2)cn1. The molecule has 1 fully saturated rings. The first-order chi connectivity index (χ1) is 13.2. The van der Waals surface area contributed by atoms with Gasteiger partial charge in [-0.2, -0.15) is 5.10 Å². The van der Waals surface area contributed by atoms with Crippen LogP contribution in [0.5, 0.6) is 0 Å². The fourth-order valence-corrected chi connectivity index (χ4v) is 3.87. The summed E-state index contributed by atoms with van der Waals surface area (Å²) in [6.45, 7) is 3.19. The van der Waals surface area contributed by atoms with E-state index in [2.05, 4.69) is 34.4 Å². The Bertz CT molecular complexity index is 887. The summed E-state index contributed by atoms with van der Waals surface area (Å²) >= 11 is 0. The van der Waals surface area contributed by atoms with Crippen LogP contribution >= 0.6 is 0 Å². The zero-order valence-electron chi connectivity index (χ0n) is 15.8. The van der Waals surface area contributed by atoms with Crippen molar-refractivity contribution in [3.05, 3.63) is 71.7 Å². The second-order valence-electron chi connectivity index (χ2n) is 7.40. The van der Waals surface area contributed by atoms with Gasteiger partial charge in [0.1, 0.15) is 0 Å². The van der Waals surface area contributed by atoms with Gasteiger partial charge in [-0.1, -0.05) is 30.3 Å². The van der Waals surface area contributed by atoms with Crippen LogP contribution in [0.4, 0.5) is 0 Å². The maximum Gasteiger partial charge on any atom is 0.0705 e. The number of likely N-dealkylation sites (tertiary alicyclic amines) is 1. The molecule has 3 heterocycles. The molecule has 5 nitrogen and oxygen atoms in total. The molecular formula is C22H26N4O. The highest BCUT2D eigenvalue weighted by atomic mass is 16.3. The van der Waals surface area contributed by atoms with Crippen molar-refractivity contribution in [1.82, 2.24) is 19.7 Å². The molecule has 1 unspecified atom stereocenters. The molecule has 1 aliphatic rings. The van der Waals surface area contributed by atoms with E-state index in [1.54, 1.807) is 0 Å². The van der Waals surface area contributed by atoms with Crippen molar-refractivity contribution in [3.8, 4) is 11.3 Å². The molecule has 0 bridgehead atoms. The van der Waals surface area contributed by atoms with E-state index in [1.165, 1.54) is 24.1 Å². The van der Waals surface area contributed by atoms with Gasteiger partial charge in [-0.05, 0) is 37.1 Å². The maximum absolute atomic E-state index is 9.22. The molecule has 27 heavy (non-hydrogen) atoms. The van der Waals surface area contributed by atoms with Crippen molar-refractivity contribution in [2.24, 2.45) is 7.05 Å². The normalized spacial score (nSPS) is 17.9. The van der Waals surface area contributed by atoms with Gasteiger partial charge in [0.05, 0.1) is 18.5 Å². The molecule has 0 spiro atoms. The van der Waals surface area contributed by atoms with E-state index in [1.807, 2.05) is 42.2 Å². The first kappa shape index (κ1) is 17.9. The van der Waals surface area contributed by atoms with Crippen LogP contribution in [0.15, 0.2) is 54.9 Å². The third-order valence-electron chi connectivity index (χ3n) is 5.29.